The van der Waals surface area contributed by atoms with E-state index in [2.05, 4.69) is 10.6 Å². The maximum atomic E-state index is 12.7. The van der Waals surface area contributed by atoms with Crippen molar-refractivity contribution in [2.24, 2.45) is 0 Å². The molecule has 3 aromatic rings. The molecule has 0 radical (unpaired) electrons. The quantitative estimate of drug-likeness (QED) is 0.244. The molecular formula is C24H23N3O5S. The maximum Gasteiger partial charge on any atom is 0.269 e. The fraction of sp³-hybridized carbons (Fsp3) is 0.167. The molecule has 0 aromatic heterocycles. The summed E-state index contributed by atoms with van der Waals surface area (Å²) in [7, 11) is 0. The molecule has 2 N–H and O–H groups in total. The van der Waals surface area contributed by atoms with Crippen molar-refractivity contribution in [3.05, 3.63) is 89.0 Å². The first-order chi connectivity index (χ1) is 15.9. The van der Waals surface area contributed by atoms with E-state index in [0.717, 1.165) is 4.90 Å². The summed E-state index contributed by atoms with van der Waals surface area (Å²) in [6.07, 6.45) is 0.574. The van der Waals surface area contributed by atoms with Crippen molar-refractivity contribution in [2.75, 3.05) is 17.2 Å². The van der Waals surface area contributed by atoms with Gasteiger partial charge in [0.25, 0.3) is 11.6 Å². The summed E-state index contributed by atoms with van der Waals surface area (Å²) in [5.41, 5.74) is 1.05. The molecule has 0 saturated heterocycles. The fourth-order valence-corrected chi connectivity index (χ4v) is 3.90. The summed E-state index contributed by atoms with van der Waals surface area (Å²) in [6, 6.07) is 22.0. The first-order valence-corrected chi connectivity index (χ1v) is 11.1. The predicted molar refractivity (Wildman–Crippen MR) is 129 cm³/mol. The van der Waals surface area contributed by atoms with Gasteiger partial charge in [0.05, 0.1) is 10.2 Å². The number of nitrogens with one attached hydrogen (secondary N) is 2. The fourth-order valence-electron chi connectivity index (χ4n) is 2.89. The minimum atomic E-state index is -0.490. The van der Waals surface area contributed by atoms with Crippen LogP contribution in [-0.2, 0) is 9.59 Å². The Morgan fingerprint density at radius 1 is 0.970 bits per heavy atom. The van der Waals surface area contributed by atoms with E-state index >= 15 is 0 Å². The number of benzene rings is 3. The second-order valence-electron chi connectivity index (χ2n) is 6.99. The normalized spacial score (nSPS) is 11.3. The number of hydrogen-bond acceptors (Lipinski definition) is 6. The molecule has 170 valence electrons. The van der Waals surface area contributed by atoms with Crippen molar-refractivity contribution in [3.8, 4) is 5.75 Å². The van der Waals surface area contributed by atoms with Crippen molar-refractivity contribution >= 4 is 40.6 Å². The molecule has 33 heavy (non-hydrogen) atoms. The number of non-ortho nitro benzene ring substituents is 1. The molecule has 9 heteroatoms. The van der Waals surface area contributed by atoms with Gasteiger partial charge in [-0.2, -0.15) is 0 Å². The highest BCUT2D eigenvalue weighted by atomic mass is 32.2. The number of carbonyl (C=O) groups excluding carboxylic acids is 2. The van der Waals surface area contributed by atoms with Crippen LogP contribution in [0.2, 0.25) is 0 Å². The van der Waals surface area contributed by atoms with Crippen molar-refractivity contribution in [2.45, 2.75) is 23.5 Å². The Kier molecular flexibility index (Phi) is 8.43. The Balaban J connectivity index is 1.56. The number of nitrogens with zero attached hydrogens (tertiary/aromatic N) is 1. The van der Waals surface area contributed by atoms with E-state index < -0.39 is 4.92 Å². The third kappa shape index (κ3) is 7.36. The highest BCUT2D eigenvalue weighted by molar-refractivity contribution is 8.00. The van der Waals surface area contributed by atoms with Crippen LogP contribution in [0.4, 0.5) is 17.1 Å². The Hall–Kier alpha value is -3.85. The number of rotatable bonds is 10. The van der Waals surface area contributed by atoms with Gasteiger partial charge in [0.15, 0.2) is 6.61 Å². The maximum absolute atomic E-state index is 12.7. The van der Waals surface area contributed by atoms with E-state index in [9.17, 15) is 19.7 Å². The van der Waals surface area contributed by atoms with Crippen molar-refractivity contribution < 1.29 is 19.2 Å². The lowest BCUT2D eigenvalue weighted by Crippen LogP contribution is -2.24. The molecule has 0 heterocycles. The molecule has 0 bridgehead atoms. The number of nitro groups is 1. The van der Waals surface area contributed by atoms with Gasteiger partial charge in [-0.1, -0.05) is 31.2 Å². The topological polar surface area (TPSA) is 111 Å². The first kappa shape index (κ1) is 23.8. The average molecular weight is 466 g/mol. The number of para-hydroxylation sites is 1. The van der Waals surface area contributed by atoms with E-state index in [0.29, 0.717) is 23.5 Å². The minimum Gasteiger partial charge on any atom is -0.484 e. The lowest BCUT2D eigenvalue weighted by molar-refractivity contribution is -0.384. The molecular weight excluding hydrogens is 442 g/mol. The van der Waals surface area contributed by atoms with Crippen LogP contribution in [0.25, 0.3) is 0 Å². The van der Waals surface area contributed by atoms with Gasteiger partial charge in [-0.15, -0.1) is 11.8 Å². The number of thioether (sulfide) groups is 1. The van der Waals surface area contributed by atoms with Gasteiger partial charge in [0.2, 0.25) is 5.91 Å². The zero-order chi connectivity index (χ0) is 23.6. The molecule has 0 fully saturated rings. The molecule has 3 aromatic carbocycles. The van der Waals surface area contributed by atoms with Crippen LogP contribution in [-0.4, -0.2) is 28.6 Å². The van der Waals surface area contributed by atoms with Crippen LogP contribution in [0.1, 0.15) is 13.3 Å². The van der Waals surface area contributed by atoms with E-state index in [-0.39, 0.29) is 29.4 Å². The van der Waals surface area contributed by atoms with Crippen LogP contribution in [0, 0.1) is 10.1 Å². The smallest absolute Gasteiger partial charge is 0.269 e. The molecule has 1 unspecified atom stereocenters. The average Bonchev–Trinajstić information content (AvgIpc) is 2.82. The number of nitro benzene ring substituents is 1. The van der Waals surface area contributed by atoms with Gasteiger partial charge < -0.3 is 15.4 Å². The summed E-state index contributed by atoms with van der Waals surface area (Å²) < 4.78 is 5.45. The second-order valence-corrected chi connectivity index (χ2v) is 8.26. The van der Waals surface area contributed by atoms with Gasteiger partial charge in [0, 0.05) is 28.4 Å². The van der Waals surface area contributed by atoms with E-state index in [1.54, 1.807) is 30.3 Å². The molecule has 3 rings (SSSR count). The van der Waals surface area contributed by atoms with Crippen LogP contribution in [0.5, 0.6) is 5.75 Å². The van der Waals surface area contributed by atoms with Crippen LogP contribution in [0.3, 0.4) is 0 Å². The summed E-state index contributed by atoms with van der Waals surface area (Å²) in [5, 5.41) is 16.0. The molecule has 2 amide bonds. The number of ether oxygens (including phenoxy) is 1. The third-order valence-corrected chi connectivity index (χ3v) is 5.88. The largest absolute Gasteiger partial charge is 0.484 e. The van der Waals surface area contributed by atoms with E-state index in [1.807, 2.05) is 31.2 Å². The van der Waals surface area contributed by atoms with Gasteiger partial charge in [-0.3, -0.25) is 19.7 Å². The van der Waals surface area contributed by atoms with Crippen molar-refractivity contribution in [1.82, 2.24) is 0 Å². The van der Waals surface area contributed by atoms with Crippen LogP contribution >= 0.6 is 11.8 Å². The molecule has 1 atom stereocenters. The summed E-state index contributed by atoms with van der Waals surface area (Å²) in [5.74, 6) is 0.118. The summed E-state index contributed by atoms with van der Waals surface area (Å²) in [6.45, 7) is 1.79. The van der Waals surface area contributed by atoms with Gasteiger partial charge in [0.1, 0.15) is 5.75 Å². The molecule has 0 aliphatic heterocycles. The Labute approximate surface area is 195 Å². The van der Waals surface area contributed by atoms with E-state index in [4.69, 9.17) is 4.74 Å². The molecule has 8 nitrogen and oxygen atoms in total. The zero-order valence-corrected chi connectivity index (χ0v) is 18.7. The number of amides is 2. The summed E-state index contributed by atoms with van der Waals surface area (Å²) in [4.78, 5) is 36.0. The lowest BCUT2D eigenvalue weighted by atomic mass is 10.2. The Morgan fingerprint density at radius 3 is 2.36 bits per heavy atom. The van der Waals surface area contributed by atoms with Gasteiger partial charge in [-0.05, 0) is 48.9 Å². The highest BCUT2D eigenvalue weighted by Crippen LogP contribution is 2.29. The first-order valence-electron chi connectivity index (χ1n) is 10.2. The SMILES string of the molecule is CCC(Sc1cccc(NC(=O)COc2ccccc2)c1)C(=O)Nc1ccc([N+](=O)[O-])cc1. The number of carbonyl (C=O) groups is 2. The molecule has 0 saturated carbocycles. The van der Waals surface area contributed by atoms with Crippen LogP contribution < -0.4 is 15.4 Å². The van der Waals surface area contributed by atoms with E-state index in [1.165, 1.54) is 36.0 Å². The van der Waals surface area contributed by atoms with Gasteiger partial charge >= 0.3 is 0 Å². The highest BCUT2D eigenvalue weighted by Gasteiger charge is 2.19. The van der Waals surface area contributed by atoms with Crippen molar-refractivity contribution in [3.63, 3.8) is 0 Å². The van der Waals surface area contributed by atoms with Crippen molar-refractivity contribution in [1.29, 1.82) is 0 Å². The number of anilines is 2. The monoisotopic (exact) mass is 465 g/mol. The number of hydrogen-bond donors (Lipinski definition) is 2. The van der Waals surface area contributed by atoms with Crippen LogP contribution in [0.15, 0.2) is 83.8 Å². The standard InChI is InChI=1S/C24H23N3O5S/c1-2-22(24(29)26-17-11-13-19(14-12-17)27(30)31)33-21-10-6-7-18(15-21)25-23(28)16-32-20-8-4-3-5-9-20/h3-15,22H,2,16H2,1H3,(H,25,28)(H,26,29). The Morgan fingerprint density at radius 2 is 1.70 bits per heavy atom. The molecule has 0 aliphatic carbocycles. The molecule has 0 spiro atoms. The minimum absolute atomic E-state index is 0.0394. The second kappa shape index (κ2) is 11.7. The third-order valence-electron chi connectivity index (χ3n) is 4.52. The predicted octanol–water partition coefficient (Wildman–Crippen LogP) is 5.12. The zero-order valence-electron chi connectivity index (χ0n) is 17.9. The molecule has 0 aliphatic rings. The Bertz CT molecular complexity index is 1110. The van der Waals surface area contributed by atoms with Gasteiger partial charge in [-0.25, -0.2) is 0 Å². The summed E-state index contributed by atoms with van der Waals surface area (Å²) >= 11 is 1.37. The lowest BCUT2D eigenvalue weighted by Gasteiger charge is -2.15.